The lowest BCUT2D eigenvalue weighted by molar-refractivity contribution is -0.385. The van der Waals surface area contributed by atoms with Crippen LogP contribution in [0.15, 0.2) is 18.7 Å². The van der Waals surface area contributed by atoms with E-state index < -0.39 is 16.4 Å². The van der Waals surface area contributed by atoms with E-state index in [1.807, 2.05) is 20.8 Å². The maximum Gasteiger partial charge on any atom is 0.348 e. The van der Waals surface area contributed by atoms with Crippen LogP contribution >= 0.6 is 11.3 Å². The first kappa shape index (κ1) is 18.9. The molecule has 0 aromatic carbocycles. The van der Waals surface area contributed by atoms with Crippen molar-refractivity contribution in [2.24, 2.45) is 0 Å². The SMILES string of the molecule is CCOC(=O)c1sc2ncn3nc(C(C)(C)n4cc([N+](=O)[O-])cn4)nc3c2c1C. The number of hydrogen-bond donors (Lipinski definition) is 0. The van der Waals surface area contributed by atoms with Crippen LogP contribution in [-0.4, -0.2) is 46.9 Å². The highest BCUT2D eigenvalue weighted by molar-refractivity contribution is 7.20. The largest absolute Gasteiger partial charge is 0.462 e. The quantitative estimate of drug-likeness (QED) is 0.276. The fourth-order valence-corrected chi connectivity index (χ4v) is 4.04. The van der Waals surface area contributed by atoms with E-state index in [0.29, 0.717) is 21.2 Å². The van der Waals surface area contributed by atoms with Gasteiger partial charge in [0.2, 0.25) is 0 Å². The van der Waals surface area contributed by atoms with Crippen LogP contribution in [-0.2, 0) is 10.3 Å². The molecule has 0 atom stereocenters. The lowest BCUT2D eigenvalue weighted by Crippen LogP contribution is -2.29. The fraction of sp³-hybridized carbons (Fsp3) is 0.353. The number of esters is 1. The van der Waals surface area contributed by atoms with Gasteiger partial charge < -0.3 is 4.74 Å². The Morgan fingerprint density at radius 3 is 2.83 bits per heavy atom. The van der Waals surface area contributed by atoms with Gasteiger partial charge in [0.15, 0.2) is 11.5 Å². The highest BCUT2D eigenvalue weighted by Crippen LogP contribution is 2.33. The summed E-state index contributed by atoms with van der Waals surface area (Å²) in [7, 11) is 0. The fourth-order valence-electron chi connectivity index (χ4n) is 3.00. The van der Waals surface area contributed by atoms with Gasteiger partial charge in [0, 0.05) is 0 Å². The normalized spacial score (nSPS) is 12.0. The van der Waals surface area contributed by atoms with Crippen molar-refractivity contribution < 1.29 is 14.5 Å². The van der Waals surface area contributed by atoms with Gasteiger partial charge in [0.1, 0.15) is 34.0 Å². The Labute approximate surface area is 168 Å². The molecule has 4 aromatic rings. The Morgan fingerprint density at radius 2 is 2.17 bits per heavy atom. The molecule has 0 aliphatic rings. The molecule has 150 valence electrons. The Balaban J connectivity index is 1.86. The number of nitro groups is 1. The van der Waals surface area contributed by atoms with E-state index in [2.05, 4.69) is 20.2 Å². The molecule has 0 bridgehead atoms. The van der Waals surface area contributed by atoms with E-state index in [1.165, 1.54) is 39.3 Å². The molecule has 4 rings (SSSR count). The number of carbonyl (C=O) groups is 1. The number of carbonyl (C=O) groups excluding carboxylic acids is 1. The van der Waals surface area contributed by atoms with Crippen LogP contribution < -0.4 is 0 Å². The molecule has 0 fully saturated rings. The third-order valence-corrected chi connectivity index (χ3v) is 5.81. The number of aromatic nitrogens is 6. The summed E-state index contributed by atoms with van der Waals surface area (Å²) in [5.74, 6) is 0.0168. The zero-order valence-corrected chi connectivity index (χ0v) is 16.9. The van der Waals surface area contributed by atoms with Crippen LogP contribution in [0.2, 0.25) is 0 Å². The van der Waals surface area contributed by atoms with Crippen LogP contribution in [0.1, 0.15) is 41.8 Å². The molecule has 29 heavy (non-hydrogen) atoms. The van der Waals surface area contributed by atoms with Gasteiger partial charge in [0.05, 0.1) is 16.9 Å². The average molecular weight is 415 g/mol. The lowest BCUT2D eigenvalue weighted by atomic mass is 10.1. The number of thiophene rings is 1. The van der Waals surface area contributed by atoms with E-state index in [0.717, 1.165) is 10.9 Å². The summed E-state index contributed by atoms with van der Waals surface area (Å²) in [4.78, 5) is 32.9. The molecule has 4 aromatic heterocycles. The minimum absolute atomic E-state index is 0.112. The Kier molecular flexibility index (Phi) is 4.30. The second kappa shape index (κ2) is 6.58. The van der Waals surface area contributed by atoms with Gasteiger partial charge in [-0.25, -0.2) is 19.3 Å². The first-order valence-electron chi connectivity index (χ1n) is 8.75. The topological polar surface area (TPSA) is 130 Å². The summed E-state index contributed by atoms with van der Waals surface area (Å²) in [6.07, 6.45) is 4.06. The molecule has 0 unspecified atom stereocenters. The zero-order chi connectivity index (χ0) is 20.9. The predicted molar refractivity (Wildman–Crippen MR) is 104 cm³/mol. The second-order valence-electron chi connectivity index (χ2n) is 6.86. The summed E-state index contributed by atoms with van der Waals surface area (Å²) in [6, 6.07) is 0. The molecule has 0 amide bonds. The molecule has 0 saturated carbocycles. The van der Waals surface area contributed by atoms with Gasteiger partial charge in [-0.2, -0.15) is 5.10 Å². The number of nitrogens with zero attached hydrogens (tertiary/aromatic N) is 7. The van der Waals surface area contributed by atoms with Crippen molar-refractivity contribution in [3.8, 4) is 0 Å². The molecule has 0 radical (unpaired) electrons. The van der Waals surface area contributed by atoms with Crippen molar-refractivity contribution >= 4 is 38.9 Å². The third kappa shape index (κ3) is 2.92. The summed E-state index contributed by atoms with van der Waals surface area (Å²) in [5.41, 5.74) is 0.316. The maximum absolute atomic E-state index is 12.2. The molecular formula is C17H17N7O4S. The molecule has 12 heteroatoms. The standard InChI is InChI=1S/C17H17N7O4S/c1-5-28-15(25)12-9(2)11-13-20-16(21-22(13)8-18-14(11)29-12)17(3,4)23-7-10(6-19-23)24(26)27/h6-8H,5H2,1-4H3. The number of hydrogen-bond acceptors (Lipinski definition) is 9. The van der Waals surface area contributed by atoms with E-state index in [9.17, 15) is 14.9 Å². The van der Waals surface area contributed by atoms with E-state index in [-0.39, 0.29) is 12.3 Å². The first-order valence-corrected chi connectivity index (χ1v) is 9.57. The van der Waals surface area contributed by atoms with Gasteiger partial charge >= 0.3 is 11.7 Å². The van der Waals surface area contributed by atoms with E-state index >= 15 is 0 Å². The molecular weight excluding hydrogens is 398 g/mol. The highest BCUT2D eigenvalue weighted by Gasteiger charge is 2.31. The molecule has 0 spiro atoms. The monoisotopic (exact) mass is 415 g/mol. The van der Waals surface area contributed by atoms with Gasteiger partial charge in [-0.3, -0.25) is 14.8 Å². The van der Waals surface area contributed by atoms with Gasteiger partial charge in [-0.15, -0.1) is 16.4 Å². The van der Waals surface area contributed by atoms with Crippen LogP contribution in [0.4, 0.5) is 5.69 Å². The van der Waals surface area contributed by atoms with Crippen molar-refractivity contribution in [2.75, 3.05) is 6.61 Å². The maximum atomic E-state index is 12.2. The average Bonchev–Trinajstić information content (AvgIpc) is 3.38. The number of fused-ring (bicyclic) bond motifs is 3. The molecule has 0 saturated heterocycles. The van der Waals surface area contributed by atoms with Crippen LogP contribution in [0, 0.1) is 17.0 Å². The number of aryl methyl sites for hydroxylation is 1. The molecule has 0 aliphatic carbocycles. The molecule has 0 N–H and O–H groups in total. The summed E-state index contributed by atoms with van der Waals surface area (Å²) in [6.45, 7) is 7.49. The minimum atomic E-state index is -0.847. The minimum Gasteiger partial charge on any atom is -0.462 e. The molecule has 0 aliphatic heterocycles. The molecule has 4 heterocycles. The Bertz CT molecular complexity index is 1270. The smallest absolute Gasteiger partial charge is 0.348 e. The third-order valence-electron chi connectivity index (χ3n) is 4.63. The molecule has 11 nitrogen and oxygen atoms in total. The zero-order valence-electron chi connectivity index (χ0n) is 16.1. The Hall–Kier alpha value is -3.41. The van der Waals surface area contributed by atoms with Gasteiger partial charge in [-0.1, -0.05) is 0 Å². The van der Waals surface area contributed by atoms with Crippen LogP contribution in [0.25, 0.3) is 15.9 Å². The van der Waals surface area contributed by atoms with Crippen LogP contribution in [0.3, 0.4) is 0 Å². The van der Waals surface area contributed by atoms with Gasteiger partial charge in [0.25, 0.3) is 0 Å². The van der Waals surface area contributed by atoms with Gasteiger partial charge in [-0.05, 0) is 33.3 Å². The van der Waals surface area contributed by atoms with Crippen molar-refractivity contribution in [1.29, 1.82) is 0 Å². The lowest BCUT2D eigenvalue weighted by Gasteiger charge is -2.20. The van der Waals surface area contributed by atoms with Crippen molar-refractivity contribution in [3.63, 3.8) is 0 Å². The summed E-state index contributed by atoms with van der Waals surface area (Å²) >= 11 is 1.25. The van der Waals surface area contributed by atoms with Crippen LogP contribution in [0.5, 0.6) is 0 Å². The van der Waals surface area contributed by atoms with E-state index in [1.54, 1.807) is 6.92 Å². The first-order chi connectivity index (χ1) is 13.7. The van der Waals surface area contributed by atoms with Crippen molar-refractivity contribution in [2.45, 2.75) is 33.2 Å². The van der Waals surface area contributed by atoms with Crippen molar-refractivity contribution in [3.05, 3.63) is 45.1 Å². The second-order valence-corrected chi connectivity index (χ2v) is 7.86. The van der Waals surface area contributed by atoms with E-state index in [4.69, 9.17) is 4.74 Å². The highest BCUT2D eigenvalue weighted by atomic mass is 32.1. The summed E-state index contributed by atoms with van der Waals surface area (Å²) in [5, 5.41) is 20.3. The van der Waals surface area contributed by atoms with Crippen molar-refractivity contribution in [1.82, 2.24) is 29.4 Å². The summed E-state index contributed by atoms with van der Waals surface area (Å²) < 4.78 is 8.11. The Morgan fingerprint density at radius 1 is 1.41 bits per heavy atom. The number of ether oxygens (including phenoxy) is 1. The number of rotatable bonds is 5. The predicted octanol–water partition coefficient (Wildman–Crippen LogP) is 2.71.